The van der Waals surface area contributed by atoms with E-state index in [1.165, 1.54) is 0 Å². The van der Waals surface area contributed by atoms with Crippen molar-refractivity contribution in [2.45, 2.75) is 30.2 Å². The number of allylic oxidation sites excluding steroid dienone is 1. The molecule has 1 nitrogen and oxygen atoms in total. The summed E-state index contributed by atoms with van der Waals surface area (Å²) in [4.78, 5) is 1.11. The van der Waals surface area contributed by atoms with Gasteiger partial charge < -0.3 is 5.73 Å². The average molecular weight is 256 g/mol. The molecule has 0 amide bonds. The number of thioether (sulfide) groups is 1. The van der Waals surface area contributed by atoms with E-state index in [2.05, 4.69) is 6.58 Å². The summed E-state index contributed by atoms with van der Waals surface area (Å²) in [7, 11) is 0. The summed E-state index contributed by atoms with van der Waals surface area (Å²) in [6, 6.07) is 8.12. The SMILES string of the molecule is C=CCCCC(N)CSc1ccccc1Cl. The number of hydrogen-bond donors (Lipinski definition) is 1. The standard InChI is InChI=1S/C13H18ClNS/c1-2-3-4-7-11(15)10-16-13-9-6-5-8-12(13)14/h2,5-6,8-9,11H,1,3-4,7,10,15H2. The molecule has 2 N–H and O–H groups in total. The first-order valence-corrected chi connectivity index (χ1v) is 6.84. The zero-order valence-electron chi connectivity index (χ0n) is 9.36. The molecular weight excluding hydrogens is 238 g/mol. The van der Waals surface area contributed by atoms with Crippen LogP contribution in [0, 0.1) is 0 Å². The molecule has 0 radical (unpaired) electrons. The maximum Gasteiger partial charge on any atom is 0.0541 e. The number of rotatable bonds is 7. The lowest BCUT2D eigenvalue weighted by atomic mass is 10.1. The van der Waals surface area contributed by atoms with E-state index < -0.39 is 0 Å². The molecule has 0 aliphatic heterocycles. The quantitative estimate of drug-likeness (QED) is 0.451. The molecule has 0 saturated heterocycles. The van der Waals surface area contributed by atoms with Crippen LogP contribution >= 0.6 is 23.4 Å². The molecule has 0 aliphatic carbocycles. The Bertz CT molecular complexity index is 327. The molecule has 16 heavy (non-hydrogen) atoms. The van der Waals surface area contributed by atoms with E-state index in [1.807, 2.05) is 30.3 Å². The molecule has 1 rings (SSSR count). The van der Waals surface area contributed by atoms with Gasteiger partial charge in [-0.25, -0.2) is 0 Å². The minimum absolute atomic E-state index is 0.237. The Balaban J connectivity index is 2.28. The first-order chi connectivity index (χ1) is 7.74. The second-order valence-corrected chi connectivity index (χ2v) is 5.19. The summed E-state index contributed by atoms with van der Waals surface area (Å²) >= 11 is 7.79. The highest BCUT2D eigenvalue weighted by Crippen LogP contribution is 2.27. The highest BCUT2D eigenvalue weighted by atomic mass is 35.5. The lowest BCUT2D eigenvalue weighted by Crippen LogP contribution is -2.22. The molecule has 3 heteroatoms. The molecule has 0 spiro atoms. The Kier molecular flexibility index (Phi) is 6.62. The fourth-order valence-corrected chi connectivity index (χ4v) is 2.61. The van der Waals surface area contributed by atoms with Crippen LogP contribution in [0.1, 0.15) is 19.3 Å². The van der Waals surface area contributed by atoms with Gasteiger partial charge in [-0.05, 0) is 31.4 Å². The van der Waals surface area contributed by atoms with Crippen molar-refractivity contribution in [3.05, 3.63) is 41.9 Å². The topological polar surface area (TPSA) is 26.0 Å². The highest BCUT2D eigenvalue weighted by Gasteiger charge is 2.05. The van der Waals surface area contributed by atoms with Crippen LogP contribution < -0.4 is 5.73 Å². The molecule has 0 fully saturated rings. The van der Waals surface area contributed by atoms with Gasteiger partial charge in [-0.1, -0.05) is 29.8 Å². The number of hydrogen-bond acceptors (Lipinski definition) is 2. The molecule has 0 saturated carbocycles. The lowest BCUT2D eigenvalue weighted by Gasteiger charge is -2.10. The molecular formula is C13H18ClNS. The van der Waals surface area contributed by atoms with Gasteiger partial charge >= 0.3 is 0 Å². The molecule has 1 aromatic carbocycles. The fourth-order valence-electron chi connectivity index (χ4n) is 1.37. The van der Waals surface area contributed by atoms with Crippen molar-refractivity contribution < 1.29 is 0 Å². The molecule has 0 aromatic heterocycles. The van der Waals surface area contributed by atoms with Gasteiger partial charge in [-0.15, -0.1) is 18.3 Å². The fraction of sp³-hybridized carbons (Fsp3) is 0.385. The first-order valence-electron chi connectivity index (χ1n) is 5.48. The number of benzene rings is 1. The van der Waals surface area contributed by atoms with Crippen molar-refractivity contribution in [3.8, 4) is 0 Å². The Morgan fingerprint density at radius 2 is 2.19 bits per heavy atom. The predicted molar refractivity (Wildman–Crippen MR) is 74.2 cm³/mol. The van der Waals surface area contributed by atoms with Crippen molar-refractivity contribution in [2.75, 3.05) is 5.75 Å². The van der Waals surface area contributed by atoms with E-state index in [4.69, 9.17) is 17.3 Å². The lowest BCUT2D eigenvalue weighted by molar-refractivity contribution is 0.637. The Labute approximate surface area is 107 Å². The third-order valence-electron chi connectivity index (χ3n) is 2.27. The zero-order chi connectivity index (χ0) is 11.8. The summed E-state index contributed by atoms with van der Waals surface area (Å²) < 4.78 is 0. The van der Waals surface area contributed by atoms with Crippen LogP contribution in [-0.4, -0.2) is 11.8 Å². The predicted octanol–water partition coefficient (Wildman–Crippen LogP) is 4.12. The summed E-state index contributed by atoms with van der Waals surface area (Å²) in [5, 5.41) is 0.811. The van der Waals surface area contributed by atoms with Crippen LogP contribution in [0.5, 0.6) is 0 Å². The Morgan fingerprint density at radius 3 is 2.88 bits per heavy atom. The van der Waals surface area contributed by atoms with Crippen LogP contribution in [0.25, 0.3) is 0 Å². The van der Waals surface area contributed by atoms with Crippen LogP contribution in [0.15, 0.2) is 41.8 Å². The van der Waals surface area contributed by atoms with Gasteiger partial charge in [-0.3, -0.25) is 0 Å². The molecule has 0 aliphatic rings. The molecule has 1 atom stereocenters. The van der Waals surface area contributed by atoms with Crippen molar-refractivity contribution in [3.63, 3.8) is 0 Å². The van der Waals surface area contributed by atoms with Crippen molar-refractivity contribution in [2.24, 2.45) is 5.73 Å². The maximum atomic E-state index is 6.06. The zero-order valence-corrected chi connectivity index (χ0v) is 10.9. The normalized spacial score (nSPS) is 12.4. The van der Waals surface area contributed by atoms with Crippen LogP contribution in [-0.2, 0) is 0 Å². The first kappa shape index (κ1) is 13.6. The van der Waals surface area contributed by atoms with Gasteiger partial charge in [-0.2, -0.15) is 0 Å². The van der Waals surface area contributed by atoms with Crippen LogP contribution in [0.4, 0.5) is 0 Å². The number of nitrogens with two attached hydrogens (primary N) is 1. The number of unbranched alkanes of at least 4 members (excludes halogenated alkanes) is 1. The molecule has 0 heterocycles. The molecule has 88 valence electrons. The second kappa shape index (κ2) is 7.77. The molecule has 0 bridgehead atoms. The summed E-state index contributed by atoms with van der Waals surface area (Å²) in [5.41, 5.74) is 6.01. The smallest absolute Gasteiger partial charge is 0.0541 e. The largest absolute Gasteiger partial charge is 0.327 e. The van der Waals surface area contributed by atoms with Crippen molar-refractivity contribution >= 4 is 23.4 Å². The molecule has 1 aromatic rings. The van der Waals surface area contributed by atoms with E-state index in [0.29, 0.717) is 0 Å². The minimum atomic E-state index is 0.237. The van der Waals surface area contributed by atoms with E-state index in [1.54, 1.807) is 11.8 Å². The van der Waals surface area contributed by atoms with Crippen molar-refractivity contribution in [1.82, 2.24) is 0 Å². The summed E-state index contributed by atoms with van der Waals surface area (Å²) in [6.45, 7) is 3.70. The van der Waals surface area contributed by atoms with Crippen LogP contribution in [0.2, 0.25) is 5.02 Å². The second-order valence-electron chi connectivity index (χ2n) is 3.72. The van der Waals surface area contributed by atoms with E-state index in [0.717, 1.165) is 34.9 Å². The van der Waals surface area contributed by atoms with Crippen LogP contribution in [0.3, 0.4) is 0 Å². The Hall–Kier alpha value is -0.440. The van der Waals surface area contributed by atoms with E-state index in [9.17, 15) is 0 Å². The highest BCUT2D eigenvalue weighted by molar-refractivity contribution is 7.99. The van der Waals surface area contributed by atoms with Gasteiger partial charge in [0.2, 0.25) is 0 Å². The van der Waals surface area contributed by atoms with Gasteiger partial charge in [0, 0.05) is 16.7 Å². The summed E-state index contributed by atoms with van der Waals surface area (Å²) in [6.07, 6.45) is 5.15. The van der Waals surface area contributed by atoms with Gasteiger partial charge in [0.15, 0.2) is 0 Å². The van der Waals surface area contributed by atoms with E-state index >= 15 is 0 Å². The van der Waals surface area contributed by atoms with Gasteiger partial charge in [0.1, 0.15) is 0 Å². The average Bonchev–Trinajstić information content (AvgIpc) is 2.28. The monoisotopic (exact) mass is 255 g/mol. The van der Waals surface area contributed by atoms with Gasteiger partial charge in [0.05, 0.1) is 5.02 Å². The van der Waals surface area contributed by atoms with Gasteiger partial charge in [0.25, 0.3) is 0 Å². The minimum Gasteiger partial charge on any atom is -0.327 e. The van der Waals surface area contributed by atoms with E-state index in [-0.39, 0.29) is 6.04 Å². The number of halogens is 1. The third kappa shape index (κ3) is 5.06. The van der Waals surface area contributed by atoms with Crippen molar-refractivity contribution in [1.29, 1.82) is 0 Å². The third-order valence-corrected chi connectivity index (χ3v) is 3.98. The summed E-state index contributed by atoms with van der Waals surface area (Å²) in [5.74, 6) is 0.918. The molecule has 1 unspecified atom stereocenters. The maximum absolute atomic E-state index is 6.06. The Morgan fingerprint density at radius 1 is 1.44 bits per heavy atom.